The number of amides is 3. The highest BCUT2D eigenvalue weighted by atomic mass is 32.2. The summed E-state index contributed by atoms with van der Waals surface area (Å²) in [6.45, 7) is 5.83. The van der Waals surface area contributed by atoms with Crippen molar-refractivity contribution in [3.8, 4) is 11.1 Å². The Hall–Kier alpha value is -5.23. The van der Waals surface area contributed by atoms with Crippen LogP contribution in [0.4, 0.5) is 20.6 Å². The number of cyclic esters (lactones) is 1. The molecule has 10 nitrogen and oxygen atoms in total. The molecule has 0 saturated carbocycles. The van der Waals surface area contributed by atoms with Crippen molar-refractivity contribution in [2.75, 3.05) is 23.0 Å². The number of thioether (sulfide) groups is 1. The van der Waals surface area contributed by atoms with Gasteiger partial charge < -0.3 is 25.4 Å². The van der Waals surface area contributed by atoms with Crippen LogP contribution in [0.15, 0.2) is 90.1 Å². The monoisotopic (exact) mass is 670 g/mol. The van der Waals surface area contributed by atoms with E-state index in [9.17, 15) is 23.6 Å². The number of nitrogens with zero attached hydrogens (tertiary/aromatic N) is 1. The second-order valence-corrected chi connectivity index (χ2v) is 13.2. The summed E-state index contributed by atoms with van der Waals surface area (Å²) in [6.07, 6.45) is 2.49. The lowest BCUT2D eigenvalue weighted by molar-refractivity contribution is -0.140. The number of carbonyl (C=O) groups is 4. The summed E-state index contributed by atoms with van der Waals surface area (Å²) in [5, 5.41) is 8.20. The van der Waals surface area contributed by atoms with Gasteiger partial charge in [-0.2, -0.15) is 0 Å². The summed E-state index contributed by atoms with van der Waals surface area (Å²) in [7, 11) is 0. The number of rotatable bonds is 10. The lowest BCUT2D eigenvalue weighted by atomic mass is 9.95. The Morgan fingerprint density at radius 2 is 1.73 bits per heavy atom. The van der Waals surface area contributed by atoms with Gasteiger partial charge in [-0.3, -0.25) is 19.4 Å². The lowest BCUT2D eigenvalue weighted by Gasteiger charge is -2.20. The summed E-state index contributed by atoms with van der Waals surface area (Å²) in [5.41, 5.74) is 2.34. The molecule has 12 heteroatoms. The molecule has 1 atom stereocenters. The van der Waals surface area contributed by atoms with Crippen LogP contribution >= 0.6 is 11.8 Å². The zero-order valence-electron chi connectivity index (χ0n) is 26.7. The van der Waals surface area contributed by atoms with E-state index in [-0.39, 0.29) is 35.6 Å². The molecule has 0 bridgehead atoms. The number of hydrogen-bond acceptors (Lipinski definition) is 8. The van der Waals surface area contributed by atoms with Gasteiger partial charge in [0.05, 0.1) is 24.4 Å². The first-order valence-corrected chi connectivity index (χ1v) is 16.3. The van der Waals surface area contributed by atoms with Gasteiger partial charge in [0.1, 0.15) is 5.60 Å². The Labute approximate surface area is 281 Å². The quantitative estimate of drug-likeness (QED) is 0.120. The molecule has 0 radical (unpaired) electrons. The van der Waals surface area contributed by atoms with Gasteiger partial charge >= 0.3 is 12.1 Å². The fourth-order valence-corrected chi connectivity index (χ4v) is 5.87. The summed E-state index contributed by atoms with van der Waals surface area (Å²) >= 11 is 1.56. The third-order valence-corrected chi connectivity index (χ3v) is 8.43. The highest BCUT2D eigenvalue weighted by Gasteiger charge is 2.26. The van der Waals surface area contributed by atoms with E-state index in [2.05, 4.69) is 20.9 Å². The summed E-state index contributed by atoms with van der Waals surface area (Å²) in [6, 6.07) is 20.5. The molecule has 2 heterocycles. The standard InChI is InChI=1S/C36H35FN4O6S/c1-36(2,3)47-35(45)39-19-25-8-7-24(33(43)41-31-13-15-38-20-30(31)37)18-29(25)22-5-4-6-23(17-22)32(42)40-27-9-11-28(12-10-27)48-21-26-14-16-46-34(26)44/h4-13,15,17-18,20,26H,14,16,19,21H2,1-3H3,(H,39,45)(H,40,42)(H,38,41,43)/t26-/m0/s1. The third kappa shape index (κ3) is 9.19. The molecule has 0 aliphatic carbocycles. The molecule has 4 aromatic rings. The van der Waals surface area contributed by atoms with Crippen LogP contribution < -0.4 is 16.0 Å². The molecular formula is C36H35FN4O6S. The molecule has 5 rings (SSSR count). The van der Waals surface area contributed by atoms with Crippen LogP contribution in [0.3, 0.4) is 0 Å². The first kappa shape index (κ1) is 34.1. The molecule has 248 valence electrons. The van der Waals surface area contributed by atoms with Crippen LogP contribution in [0.5, 0.6) is 0 Å². The maximum atomic E-state index is 14.2. The van der Waals surface area contributed by atoms with Gasteiger partial charge in [-0.1, -0.05) is 18.2 Å². The number of benzene rings is 3. The second-order valence-electron chi connectivity index (χ2n) is 12.1. The van der Waals surface area contributed by atoms with Crippen molar-refractivity contribution in [2.45, 2.75) is 44.2 Å². The number of carbonyl (C=O) groups excluding carboxylic acids is 4. The van der Waals surface area contributed by atoms with E-state index in [1.54, 1.807) is 87.1 Å². The van der Waals surface area contributed by atoms with Crippen molar-refractivity contribution in [3.63, 3.8) is 0 Å². The first-order chi connectivity index (χ1) is 22.9. The molecule has 3 aromatic carbocycles. The fourth-order valence-electron chi connectivity index (χ4n) is 4.84. The number of alkyl carbamates (subject to hydrolysis) is 1. The average molecular weight is 671 g/mol. The normalized spacial score (nSPS) is 14.2. The Balaban J connectivity index is 1.34. The Morgan fingerprint density at radius 1 is 0.979 bits per heavy atom. The van der Waals surface area contributed by atoms with Crippen molar-refractivity contribution in [2.24, 2.45) is 5.92 Å². The van der Waals surface area contributed by atoms with Gasteiger partial charge in [0.2, 0.25) is 0 Å². The topological polar surface area (TPSA) is 136 Å². The molecule has 3 N–H and O–H groups in total. The summed E-state index contributed by atoms with van der Waals surface area (Å²) < 4.78 is 24.6. The molecule has 1 aliphatic rings. The van der Waals surface area contributed by atoms with Crippen LogP contribution in [-0.4, -0.2) is 46.8 Å². The van der Waals surface area contributed by atoms with E-state index < -0.39 is 23.4 Å². The van der Waals surface area contributed by atoms with E-state index in [4.69, 9.17) is 9.47 Å². The predicted octanol–water partition coefficient (Wildman–Crippen LogP) is 7.07. The van der Waals surface area contributed by atoms with Crippen LogP contribution in [0.1, 0.15) is 53.5 Å². The molecule has 1 aliphatic heterocycles. The summed E-state index contributed by atoms with van der Waals surface area (Å²) in [4.78, 5) is 55.3. The predicted molar refractivity (Wildman–Crippen MR) is 181 cm³/mol. The van der Waals surface area contributed by atoms with Crippen molar-refractivity contribution in [3.05, 3.63) is 108 Å². The fraction of sp³-hybridized carbons (Fsp3) is 0.250. The Morgan fingerprint density at radius 3 is 2.44 bits per heavy atom. The van der Waals surface area contributed by atoms with Gasteiger partial charge in [0, 0.05) is 40.2 Å². The van der Waals surface area contributed by atoms with Gasteiger partial charge in [-0.25, -0.2) is 9.18 Å². The minimum Gasteiger partial charge on any atom is -0.465 e. The number of nitrogens with one attached hydrogen (secondary N) is 3. The molecule has 0 unspecified atom stereocenters. The largest absolute Gasteiger partial charge is 0.465 e. The number of anilines is 2. The number of pyridine rings is 1. The molecule has 1 fully saturated rings. The Kier molecular flexibility index (Phi) is 10.7. The molecule has 3 amide bonds. The van der Waals surface area contributed by atoms with E-state index in [1.807, 2.05) is 12.1 Å². The molecule has 1 saturated heterocycles. The maximum Gasteiger partial charge on any atom is 0.407 e. The van der Waals surface area contributed by atoms with Crippen LogP contribution in [0.2, 0.25) is 0 Å². The van der Waals surface area contributed by atoms with E-state index in [0.717, 1.165) is 17.5 Å². The number of hydrogen-bond donors (Lipinski definition) is 3. The van der Waals surface area contributed by atoms with E-state index in [1.165, 1.54) is 12.3 Å². The first-order valence-electron chi connectivity index (χ1n) is 15.3. The number of esters is 1. The van der Waals surface area contributed by atoms with Gasteiger partial charge in [0.25, 0.3) is 11.8 Å². The highest BCUT2D eigenvalue weighted by molar-refractivity contribution is 7.99. The SMILES string of the molecule is CC(C)(C)OC(=O)NCc1ccc(C(=O)Nc2ccncc2F)cc1-c1cccc(C(=O)Nc2ccc(SC[C@@H]3CCOC3=O)cc2)c1. The zero-order valence-corrected chi connectivity index (χ0v) is 27.5. The van der Waals surface area contributed by atoms with E-state index in [0.29, 0.717) is 40.3 Å². The molecule has 1 aromatic heterocycles. The summed E-state index contributed by atoms with van der Waals surface area (Å²) in [5.74, 6) is -1.19. The smallest absolute Gasteiger partial charge is 0.407 e. The van der Waals surface area contributed by atoms with Crippen LogP contribution in [0, 0.1) is 11.7 Å². The average Bonchev–Trinajstić information content (AvgIpc) is 3.48. The molecular weight excluding hydrogens is 635 g/mol. The van der Waals surface area contributed by atoms with Gasteiger partial charge in [-0.05, 0) is 98.5 Å². The number of aromatic nitrogens is 1. The highest BCUT2D eigenvalue weighted by Crippen LogP contribution is 2.29. The van der Waals surface area contributed by atoms with Crippen molar-refractivity contribution >= 4 is 47.0 Å². The maximum absolute atomic E-state index is 14.2. The minimum atomic E-state index is -0.691. The number of halogens is 1. The van der Waals surface area contributed by atoms with Crippen molar-refractivity contribution in [1.82, 2.24) is 10.3 Å². The minimum absolute atomic E-state index is 0.0176. The van der Waals surface area contributed by atoms with Crippen molar-refractivity contribution < 1.29 is 33.0 Å². The second kappa shape index (κ2) is 15.1. The van der Waals surface area contributed by atoms with E-state index >= 15 is 0 Å². The van der Waals surface area contributed by atoms with Crippen LogP contribution in [0.25, 0.3) is 11.1 Å². The van der Waals surface area contributed by atoms with Crippen molar-refractivity contribution in [1.29, 1.82) is 0 Å². The Bertz CT molecular complexity index is 1830. The number of ether oxygens (including phenoxy) is 2. The molecule has 0 spiro atoms. The van der Waals surface area contributed by atoms with Crippen LogP contribution in [-0.2, 0) is 20.8 Å². The lowest BCUT2D eigenvalue weighted by Crippen LogP contribution is -2.32. The van der Waals surface area contributed by atoms with Gasteiger partial charge in [0.15, 0.2) is 5.82 Å². The third-order valence-electron chi connectivity index (χ3n) is 7.26. The van der Waals surface area contributed by atoms with Gasteiger partial charge in [-0.15, -0.1) is 11.8 Å². The molecule has 48 heavy (non-hydrogen) atoms. The zero-order chi connectivity index (χ0) is 34.3.